The minimum absolute atomic E-state index is 0.00371. The maximum atomic E-state index is 13.7. The van der Waals surface area contributed by atoms with Gasteiger partial charge in [0.25, 0.3) is 0 Å². The summed E-state index contributed by atoms with van der Waals surface area (Å²) in [6, 6.07) is 8.56. The lowest BCUT2D eigenvalue weighted by atomic mass is 9.85. The standard InChI is InChI=1S/C26H30ClF2N4O7P/c1-15(33(4)24(34)31-14-17-6-5-7-20(29)22(17)27)12-26(2,3)23(40-41(36,37)38)39-25(35)32-21-11-18-10-19(28)9-8-16(18)13-30-21/h5-11,13,15,23H,12,14H2,1-4H3,(H,31,34)(H,30,32,35)(H2,36,37,38). The third-order valence-electron chi connectivity index (χ3n) is 6.26. The largest absolute Gasteiger partial charge is 0.472 e. The van der Waals surface area contributed by atoms with E-state index in [2.05, 4.69) is 15.6 Å². The molecule has 2 unspecified atom stereocenters. The molecule has 41 heavy (non-hydrogen) atoms. The fraction of sp³-hybridized carbons (Fsp3) is 0.346. The summed E-state index contributed by atoms with van der Waals surface area (Å²) in [5.74, 6) is -1.10. The number of urea groups is 1. The summed E-state index contributed by atoms with van der Waals surface area (Å²) >= 11 is 5.93. The highest BCUT2D eigenvalue weighted by Crippen LogP contribution is 2.44. The molecule has 2 aromatic carbocycles. The number of aromatic nitrogens is 1. The number of rotatable bonds is 10. The molecule has 0 saturated carbocycles. The van der Waals surface area contributed by atoms with Gasteiger partial charge in [0.15, 0.2) is 0 Å². The zero-order valence-electron chi connectivity index (χ0n) is 22.6. The molecule has 0 aliphatic carbocycles. The number of ether oxygens (including phenoxy) is 1. The van der Waals surface area contributed by atoms with E-state index in [1.165, 1.54) is 68.4 Å². The molecule has 1 heterocycles. The molecule has 15 heteroatoms. The number of hydrogen-bond donors (Lipinski definition) is 4. The molecule has 3 rings (SSSR count). The number of hydrogen-bond acceptors (Lipinski definition) is 6. The van der Waals surface area contributed by atoms with Crippen LogP contribution in [0.15, 0.2) is 48.7 Å². The van der Waals surface area contributed by atoms with Gasteiger partial charge < -0.3 is 24.7 Å². The van der Waals surface area contributed by atoms with Crippen molar-refractivity contribution in [2.24, 2.45) is 5.41 Å². The lowest BCUT2D eigenvalue weighted by Gasteiger charge is -2.37. The smallest absolute Gasteiger partial charge is 0.418 e. The average Bonchev–Trinajstić information content (AvgIpc) is 2.87. The summed E-state index contributed by atoms with van der Waals surface area (Å²) < 4.78 is 49.0. The van der Waals surface area contributed by atoms with E-state index in [0.717, 1.165) is 0 Å². The number of nitrogens with zero attached hydrogens (tertiary/aromatic N) is 2. The summed E-state index contributed by atoms with van der Waals surface area (Å²) in [7, 11) is -3.64. The fourth-order valence-electron chi connectivity index (χ4n) is 4.04. The number of carbonyl (C=O) groups is 2. The quantitative estimate of drug-likeness (QED) is 0.165. The van der Waals surface area contributed by atoms with Crippen LogP contribution in [0.2, 0.25) is 5.02 Å². The highest BCUT2D eigenvalue weighted by Gasteiger charge is 2.40. The molecule has 2 atom stereocenters. The Hall–Kier alpha value is -3.35. The maximum absolute atomic E-state index is 13.7. The molecular formula is C26H30ClF2N4O7P. The zero-order chi connectivity index (χ0) is 30.5. The van der Waals surface area contributed by atoms with E-state index < -0.39 is 49.3 Å². The number of carbonyl (C=O) groups excluding carboxylic acids is 2. The molecule has 0 aliphatic rings. The Morgan fingerprint density at radius 1 is 1.17 bits per heavy atom. The van der Waals surface area contributed by atoms with Crippen LogP contribution in [0.25, 0.3) is 10.8 Å². The van der Waals surface area contributed by atoms with Gasteiger partial charge in [-0.2, -0.15) is 0 Å². The third-order valence-corrected chi connectivity index (χ3v) is 7.15. The van der Waals surface area contributed by atoms with Gasteiger partial charge in [0, 0.05) is 36.6 Å². The van der Waals surface area contributed by atoms with Crippen molar-refractivity contribution in [2.75, 3.05) is 12.4 Å². The minimum atomic E-state index is -5.13. The molecule has 0 aliphatic heterocycles. The lowest BCUT2D eigenvalue weighted by Crippen LogP contribution is -2.46. The molecule has 4 N–H and O–H groups in total. The minimum Gasteiger partial charge on any atom is -0.418 e. The molecule has 0 spiro atoms. The Kier molecular flexibility index (Phi) is 10.3. The molecule has 1 aromatic heterocycles. The second-order valence-corrected chi connectivity index (χ2v) is 11.6. The summed E-state index contributed by atoms with van der Waals surface area (Å²) in [6.07, 6.45) is -1.43. The molecule has 0 radical (unpaired) electrons. The van der Waals surface area contributed by atoms with Crippen molar-refractivity contribution < 1.29 is 42.0 Å². The van der Waals surface area contributed by atoms with Crippen LogP contribution in [0, 0.1) is 17.0 Å². The van der Waals surface area contributed by atoms with Gasteiger partial charge >= 0.3 is 19.9 Å². The number of phosphoric ester groups is 1. The van der Waals surface area contributed by atoms with Crippen LogP contribution in [0.1, 0.15) is 32.8 Å². The lowest BCUT2D eigenvalue weighted by molar-refractivity contribution is -0.120. The van der Waals surface area contributed by atoms with Crippen LogP contribution in [-0.2, 0) is 20.4 Å². The Labute approximate surface area is 240 Å². The van der Waals surface area contributed by atoms with Crippen molar-refractivity contribution in [1.29, 1.82) is 0 Å². The first kappa shape index (κ1) is 32.2. The molecule has 3 amide bonds. The van der Waals surface area contributed by atoms with Crippen LogP contribution >= 0.6 is 19.4 Å². The molecule has 222 valence electrons. The average molecular weight is 615 g/mol. The van der Waals surface area contributed by atoms with Crippen LogP contribution in [0.5, 0.6) is 0 Å². The number of pyridine rings is 1. The van der Waals surface area contributed by atoms with Crippen molar-refractivity contribution in [3.05, 3.63) is 70.9 Å². The van der Waals surface area contributed by atoms with Crippen molar-refractivity contribution in [1.82, 2.24) is 15.2 Å². The van der Waals surface area contributed by atoms with E-state index in [1.54, 1.807) is 13.0 Å². The van der Waals surface area contributed by atoms with E-state index in [1.807, 2.05) is 0 Å². The van der Waals surface area contributed by atoms with Crippen LogP contribution in [0.3, 0.4) is 0 Å². The number of anilines is 1. The monoisotopic (exact) mass is 614 g/mol. The van der Waals surface area contributed by atoms with Gasteiger partial charge in [0.2, 0.25) is 6.29 Å². The highest BCUT2D eigenvalue weighted by molar-refractivity contribution is 7.46. The van der Waals surface area contributed by atoms with Gasteiger partial charge in [0.1, 0.15) is 17.5 Å². The number of amides is 3. The van der Waals surface area contributed by atoms with Crippen LogP contribution < -0.4 is 10.6 Å². The number of halogens is 3. The van der Waals surface area contributed by atoms with E-state index in [-0.39, 0.29) is 23.8 Å². The van der Waals surface area contributed by atoms with Gasteiger partial charge in [-0.25, -0.2) is 32.4 Å². The SMILES string of the molecule is CC(CC(C)(C)C(OC(=O)Nc1cc2cc(F)ccc2cn1)OP(=O)(O)O)N(C)C(=O)NCc1cccc(F)c1Cl. The van der Waals surface area contributed by atoms with Crippen molar-refractivity contribution in [2.45, 2.75) is 46.1 Å². The topological polar surface area (TPSA) is 150 Å². The predicted molar refractivity (Wildman–Crippen MR) is 148 cm³/mol. The van der Waals surface area contributed by atoms with Gasteiger partial charge in [-0.3, -0.25) is 5.32 Å². The molecule has 0 fully saturated rings. The van der Waals surface area contributed by atoms with Crippen LogP contribution in [0.4, 0.5) is 24.2 Å². The van der Waals surface area contributed by atoms with E-state index in [9.17, 15) is 32.7 Å². The van der Waals surface area contributed by atoms with Crippen molar-refractivity contribution >= 4 is 48.1 Å². The number of benzene rings is 2. The van der Waals surface area contributed by atoms with Crippen LogP contribution in [-0.4, -0.2) is 51.2 Å². The normalized spacial score (nSPS) is 13.4. The Bertz CT molecular complexity index is 1470. The summed E-state index contributed by atoms with van der Waals surface area (Å²) in [4.78, 5) is 49.7. The number of nitrogens with one attached hydrogen (secondary N) is 2. The first-order valence-corrected chi connectivity index (χ1v) is 14.2. The third kappa shape index (κ3) is 9.07. The van der Waals surface area contributed by atoms with E-state index in [0.29, 0.717) is 16.3 Å². The first-order valence-electron chi connectivity index (χ1n) is 12.3. The Balaban J connectivity index is 1.67. The second kappa shape index (κ2) is 13.1. The van der Waals surface area contributed by atoms with Gasteiger partial charge in [0.05, 0.1) is 5.02 Å². The number of phosphoric acid groups is 1. The summed E-state index contributed by atoms with van der Waals surface area (Å²) in [6.45, 7) is 4.70. The van der Waals surface area contributed by atoms with Gasteiger partial charge in [-0.05, 0) is 54.6 Å². The fourth-order valence-corrected chi connectivity index (χ4v) is 4.81. The zero-order valence-corrected chi connectivity index (χ0v) is 24.2. The van der Waals surface area contributed by atoms with Crippen molar-refractivity contribution in [3.8, 4) is 0 Å². The van der Waals surface area contributed by atoms with Gasteiger partial charge in [-0.1, -0.05) is 37.6 Å². The number of fused-ring (bicyclic) bond motifs is 1. The molecule has 0 saturated heterocycles. The highest BCUT2D eigenvalue weighted by atomic mass is 35.5. The Morgan fingerprint density at radius 2 is 1.88 bits per heavy atom. The van der Waals surface area contributed by atoms with Crippen molar-refractivity contribution in [3.63, 3.8) is 0 Å². The molecular weight excluding hydrogens is 585 g/mol. The second-order valence-electron chi connectivity index (χ2n) is 10.0. The molecule has 11 nitrogen and oxygen atoms in total. The Morgan fingerprint density at radius 3 is 2.56 bits per heavy atom. The summed E-state index contributed by atoms with van der Waals surface area (Å²) in [5.41, 5.74) is -0.861. The predicted octanol–water partition coefficient (Wildman–Crippen LogP) is 5.80. The molecule has 3 aromatic rings. The van der Waals surface area contributed by atoms with Gasteiger partial charge in [-0.15, -0.1) is 0 Å². The summed E-state index contributed by atoms with van der Waals surface area (Å²) in [5, 5.41) is 5.93. The van der Waals surface area contributed by atoms with E-state index in [4.69, 9.17) is 20.9 Å². The maximum Gasteiger partial charge on any atom is 0.472 e. The first-order chi connectivity index (χ1) is 19.1. The molecule has 0 bridgehead atoms. The van der Waals surface area contributed by atoms with E-state index >= 15 is 0 Å².